The lowest BCUT2D eigenvalue weighted by Gasteiger charge is -2.10. The molecule has 0 saturated carbocycles. The van der Waals surface area contributed by atoms with E-state index < -0.39 is 17.8 Å². The van der Waals surface area contributed by atoms with Crippen LogP contribution in [0.15, 0.2) is 53.7 Å². The molecular formula is C18H15FN2O3. The molecule has 1 aliphatic rings. The number of nitrogens with one attached hydrogen (secondary N) is 1. The van der Waals surface area contributed by atoms with Gasteiger partial charge >= 0.3 is 0 Å². The van der Waals surface area contributed by atoms with Crippen molar-refractivity contribution >= 4 is 23.1 Å². The van der Waals surface area contributed by atoms with Gasteiger partial charge < -0.3 is 10.2 Å². The lowest BCUT2D eigenvalue weighted by Crippen LogP contribution is -2.28. The van der Waals surface area contributed by atoms with Gasteiger partial charge in [-0.2, -0.15) is 0 Å². The van der Waals surface area contributed by atoms with Gasteiger partial charge in [0.05, 0.1) is 5.71 Å². The van der Waals surface area contributed by atoms with Crippen molar-refractivity contribution < 1.29 is 18.8 Å². The summed E-state index contributed by atoms with van der Waals surface area (Å²) in [5.74, 6) is -0.894. The van der Waals surface area contributed by atoms with Gasteiger partial charge in [-0.25, -0.2) is 4.39 Å². The summed E-state index contributed by atoms with van der Waals surface area (Å²) in [4.78, 5) is 28.8. The highest BCUT2D eigenvalue weighted by Crippen LogP contribution is 2.20. The molecular weight excluding hydrogens is 311 g/mol. The van der Waals surface area contributed by atoms with Crippen LogP contribution in [0.25, 0.3) is 0 Å². The van der Waals surface area contributed by atoms with E-state index in [9.17, 15) is 14.0 Å². The number of halogens is 1. The summed E-state index contributed by atoms with van der Waals surface area (Å²) in [6.07, 6.45) is -0.653. The first kappa shape index (κ1) is 15.9. The molecule has 1 atom stereocenters. The lowest BCUT2D eigenvalue weighted by molar-refractivity contribution is -0.125. The molecule has 0 spiro atoms. The van der Waals surface area contributed by atoms with E-state index in [0.29, 0.717) is 22.5 Å². The predicted octanol–water partition coefficient (Wildman–Crippen LogP) is 3.16. The van der Waals surface area contributed by atoms with Gasteiger partial charge in [-0.15, -0.1) is 0 Å². The normalized spacial score (nSPS) is 16.2. The van der Waals surface area contributed by atoms with Crippen LogP contribution in [0, 0.1) is 5.82 Å². The van der Waals surface area contributed by atoms with Crippen molar-refractivity contribution in [3.63, 3.8) is 0 Å². The molecule has 0 aliphatic carbocycles. The molecule has 2 aromatic rings. The second-order valence-corrected chi connectivity index (χ2v) is 5.44. The summed E-state index contributed by atoms with van der Waals surface area (Å²) < 4.78 is 13.8. The molecule has 1 aliphatic heterocycles. The Morgan fingerprint density at radius 3 is 2.75 bits per heavy atom. The van der Waals surface area contributed by atoms with E-state index in [1.54, 1.807) is 42.5 Å². The van der Waals surface area contributed by atoms with Crippen molar-refractivity contribution in [2.45, 2.75) is 19.4 Å². The van der Waals surface area contributed by atoms with Crippen LogP contribution in [0.3, 0.4) is 0 Å². The highest BCUT2D eigenvalue weighted by Gasteiger charge is 2.30. The molecule has 1 unspecified atom stereocenters. The number of rotatable bonds is 4. The number of ketones is 1. The standard InChI is InChI=1S/C18H15FN2O3/c1-11(22)12-5-4-6-13(9-12)20-18(23)17-10-16(21-24-17)14-7-2-3-8-15(14)19/h2-9,17H,10H2,1H3,(H,20,23). The average Bonchev–Trinajstić information content (AvgIpc) is 3.05. The van der Waals surface area contributed by atoms with Crippen LogP contribution in [0.4, 0.5) is 10.1 Å². The van der Waals surface area contributed by atoms with Crippen LogP contribution in [-0.4, -0.2) is 23.5 Å². The van der Waals surface area contributed by atoms with Gasteiger partial charge in [-0.1, -0.05) is 35.5 Å². The van der Waals surface area contributed by atoms with Gasteiger partial charge in [0, 0.05) is 23.2 Å². The third kappa shape index (κ3) is 3.32. The molecule has 3 rings (SSSR count). The molecule has 2 aromatic carbocycles. The van der Waals surface area contributed by atoms with E-state index in [4.69, 9.17) is 4.84 Å². The quantitative estimate of drug-likeness (QED) is 0.878. The Morgan fingerprint density at radius 2 is 2.00 bits per heavy atom. The maximum absolute atomic E-state index is 13.8. The van der Waals surface area contributed by atoms with Crippen LogP contribution in [-0.2, 0) is 9.63 Å². The summed E-state index contributed by atoms with van der Waals surface area (Å²) in [7, 11) is 0. The van der Waals surface area contributed by atoms with Gasteiger partial charge in [-0.3, -0.25) is 9.59 Å². The zero-order chi connectivity index (χ0) is 17.1. The highest BCUT2D eigenvalue weighted by atomic mass is 19.1. The first-order valence-corrected chi connectivity index (χ1v) is 7.44. The lowest BCUT2D eigenvalue weighted by atomic mass is 10.0. The monoisotopic (exact) mass is 326 g/mol. The second kappa shape index (κ2) is 6.62. The molecule has 1 heterocycles. The van der Waals surface area contributed by atoms with Crippen molar-refractivity contribution in [2.75, 3.05) is 5.32 Å². The first-order valence-electron chi connectivity index (χ1n) is 7.44. The van der Waals surface area contributed by atoms with Gasteiger partial charge in [0.2, 0.25) is 6.10 Å². The maximum atomic E-state index is 13.8. The fourth-order valence-corrected chi connectivity index (χ4v) is 2.41. The van der Waals surface area contributed by atoms with E-state index >= 15 is 0 Å². The van der Waals surface area contributed by atoms with Crippen molar-refractivity contribution in [3.05, 3.63) is 65.5 Å². The predicted molar refractivity (Wildman–Crippen MR) is 87.5 cm³/mol. The summed E-state index contributed by atoms with van der Waals surface area (Å²) in [5.41, 5.74) is 1.72. The van der Waals surface area contributed by atoms with E-state index in [1.807, 2.05) is 0 Å². The SMILES string of the molecule is CC(=O)c1cccc(NC(=O)C2CC(c3ccccc3F)=NO2)c1. The summed E-state index contributed by atoms with van der Waals surface area (Å²) in [5, 5.41) is 6.50. The van der Waals surface area contributed by atoms with Crippen LogP contribution in [0.5, 0.6) is 0 Å². The average molecular weight is 326 g/mol. The largest absolute Gasteiger partial charge is 0.382 e. The Hall–Kier alpha value is -3.02. The third-order valence-electron chi connectivity index (χ3n) is 3.68. The van der Waals surface area contributed by atoms with E-state index in [-0.39, 0.29) is 12.2 Å². The number of amides is 1. The Kier molecular flexibility index (Phi) is 4.37. The van der Waals surface area contributed by atoms with Crippen LogP contribution in [0.2, 0.25) is 0 Å². The number of oxime groups is 1. The number of nitrogens with zero attached hydrogens (tertiary/aromatic N) is 1. The van der Waals surface area contributed by atoms with Gasteiger partial charge in [0.1, 0.15) is 5.82 Å². The Morgan fingerprint density at radius 1 is 1.21 bits per heavy atom. The molecule has 1 N–H and O–H groups in total. The van der Waals surface area contributed by atoms with Crippen molar-refractivity contribution in [3.8, 4) is 0 Å². The molecule has 0 aromatic heterocycles. The number of carbonyl (C=O) groups is 2. The fourth-order valence-electron chi connectivity index (χ4n) is 2.41. The highest BCUT2D eigenvalue weighted by molar-refractivity contribution is 6.06. The topological polar surface area (TPSA) is 67.8 Å². The van der Waals surface area contributed by atoms with Gasteiger partial charge in [0.25, 0.3) is 5.91 Å². The third-order valence-corrected chi connectivity index (χ3v) is 3.68. The summed E-state index contributed by atoms with van der Waals surface area (Å²) >= 11 is 0. The van der Waals surface area contributed by atoms with E-state index in [0.717, 1.165) is 0 Å². The molecule has 0 bridgehead atoms. The van der Waals surface area contributed by atoms with Crippen molar-refractivity contribution in [1.82, 2.24) is 0 Å². The number of hydrogen-bond donors (Lipinski definition) is 1. The Balaban J connectivity index is 1.67. The van der Waals surface area contributed by atoms with Crippen LogP contribution < -0.4 is 5.32 Å². The number of carbonyl (C=O) groups excluding carboxylic acids is 2. The first-order chi connectivity index (χ1) is 11.5. The van der Waals surface area contributed by atoms with E-state index in [1.165, 1.54) is 13.0 Å². The molecule has 6 heteroatoms. The second-order valence-electron chi connectivity index (χ2n) is 5.44. The maximum Gasteiger partial charge on any atom is 0.268 e. The minimum Gasteiger partial charge on any atom is -0.382 e. The molecule has 24 heavy (non-hydrogen) atoms. The minimum atomic E-state index is -0.833. The van der Waals surface area contributed by atoms with Crippen molar-refractivity contribution in [2.24, 2.45) is 5.16 Å². The number of anilines is 1. The van der Waals surface area contributed by atoms with E-state index in [2.05, 4.69) is 10.5 Å². The zero-order valence-electron chi connectivity index (χ0n) is 13.0. The number of hydrogen-bond acceptors (Lipinski definition) is 4. The number of Topliss-reactive ketones (excluding diaryl/α,β-unsaturated/α-hetero) is 1. The molecule has 0 radical (unpaired) electrons. The van der Waals surface area contributed by atoms with Crippen LogP contribution >= 0.6 is 0 Å². The molecule has 5 nitrogen and oxygen atoms in total. The Labute approximate surface area is 138 Å². The molecule has 122 valence electrons. The van der Waals surface area contributed by atoms with Gasteiger partial charge in [0.15, 0.2) is 5.78 Å². The Bertz CT molecular complexity index is 833. The minimum absolute atomic E-state index is 0.0895. The smallest absolute Gasteiger partial charge is 0.268 e. The molecule has 0 fully saturated rings. The summed E-state index contributed by atoms with van der Waals surface area (Å²) in [6.45, 7) is 1.45. The summed E-state index contributed by atoms with van der Waals surface area (Å²) in [6, 6.07) is 12.8. The van der Waals surface area contributed by atoms with Gasteiger partial charge in [-0.05, 0) is 25.1 Å². The molecule has 0 saturated heterocycles. The van der Waals surface area contributed by atoms with Crippen LogP contribution in [0.1, 0.15) is 29.3 Å². The fraction of sp³-hybridized carbons (Fsp3) is 0.167. The van der Waals surface area contributed by atoms with Crippen molar-refractivity contribution in [1.29, 1.82) is 0 Å². The number of benzene rings is 2. The molecule has 1 amide bonds. The zero-order valence-corrected chi connectivity index (χ0v) is 13.0.